The highest BCUT2D eigenvalue weighted by molar-refractivity contribution is 7.18. The lowest BCUT2D eigenvalue weighted by Crippen LogP contribution is -2.00. The van der Waals surface area contributed by atoms with Crippen LogP contribution in [-0.2, 0) is 0 Å². The van der Waals surface area contributed by atoms with Crippen molar-refractivity contribution in [1.29, 1.82) is 0 Å². The zero-order chi connectivity index (χ0) is 13.2. The Balaban J connectivity index is 2.10. The number of nitrogens with one attached hydrogen (secondary N) is 2. The highest BCUT2D eigenvalue weighted by Crippen LogP contribution is 2.31. The van der Waals surface area contributed by atoms with Gasteiger partial charge in [-0.1, -0.05) is 18.2 Å². The van der Waals surface area contributed by atoms with E-state index >= 15 is 0 Å². The molecule has 1 aromatic carbocycles. The maximum absolute atomic E-state index is 4.50. The van der Waals surface area contributed by atoms with E-state index < -0.39 is 0 Å². The van der Waals surface area contributed by atoms with E-state index in [1.807, 2.05) is 37.4 Å². The predicted molar refractivity (Wildman–Crippen MR) is 81.4 cm³/mol. The van der Waals surface area contributed by atoms with Crippen molar-refractivity contribution < 1.29 is 0 Å². The van der Waals surface area contributed by atoms with Gasteiger partial charge in [0.1, 0.15) is 10.6 Å². The lowest BCUT2D eigenvalue weighted by molar-refractivity contribution is 1.20. The number of benzene rings is 1. The van der Waals surface area contributed by atoms with Gasteiger partial charge in [-0.3, -0.25) is 0 Å². The van der Waals surface area contributed by atoms with Crippen molar-refractivity contribution in [2.75, 3.05) is 17.7 Å². The second-order valence-corrected chi connectivity index (χ2v) is 5.45. The molecule has 0 saturated heterocycles. The van der Waals surface area contributed by atoms with Crippen LogP contribution in [0.4, 0.5) is 17.5 Å². The van der Waals surface area contributed by atoms with Crippen molar-refractivity contribution in [2.24, 2.45) is 0 Å². The van der Waals surface area contributed by atoms with E-state index in [1.165, 1.54) is 4.88 Å². The van der Waals surface area contributed by atoms with E-state index in [0.717, 1.165) is 21.7 Å². The number of para-hydroxylation sites is 1. The summed E-state index contributed by atoms with van der Waals surface area (Å²) in [6, 6.07) is 12.1. The van der Waals surface area contributed by atoms with Crippen LogP contribution in [0.5, 0.6) is 0 Å². The molecule has 3 aromatic rings. The number of thiophene rings is 1. The quantitative estimate of drug-likeness (QED) is 0.760. The minimum atomic E-state index is 0.632. The number of hydrogen-bond donors (Lipinski definition) is 2. The summed E-state index contributed by atoms with van der Waals surface area (Å²) in [5.74, 6) is 1.47. The van der Waals surface area contributed by atoms with Crippen molar-refractivity contribution in [1.82, 2.24) is 9.97 Å². The molecule has 0 aliphatic heterocycles. The van der Waals surface area contributed by atoms with Gasteiger partial charge in [0.15, 0.2) is 0 Å². The number of aryl methyl sites for hydroxylation is 1. The summed E-state index contributed by atoms with van der Waals surface area (Å²) in [5.41, 5.74) is 1.02. The third kappa shape index (κ3) is 2.37. The molecule has 96 valence electrons. The molecule has 0 bridgehead atoms. The average Bonchev–Trinajstić information content (AvgIpc) is 2.80. The maximum Gasteiger partial charge on any atom is 0.225 e. The molecule has 2 N–H and O–H groups in total. The lowest BCUT2D eigenvalue weighted by atomic mass is 10.3. The van der Waals surface area contributed by atoms with Crippen molar-refractivity contribution in [3.05, 3.63) is 41.3 Å². The van der Waals surface area contributed by atoms with Gasteiger partial charge < -0.3 is 10.6 Å². The zero-order valence-corrected chi connectivity index (χ0v) is 11.6. The van der Waals surface area contributed by atoms with Crippen LogP contribution in [0, 0.1) is 6.92 Å². The summed E-state index contributed by atoms with van der Waals surface area (Å²) in [6.07, 6.45) is 0. The molecule has 0 aliphatic rings. The number of hydrogen-bond acceptors (Lipinski definition) is 5. The van der Waals surface area contributed by atoms with Crippen molar-refractivity contribution in [2.45, 2.75) is 6.92 Å². The molecule has 3 rings (SSSR count). The summed E-state index contributed by atoms with van der Waals surface area (Å²) in [4.78, 5) is 11.2. The van der Waals surface area contributed by atoms with Gasteiger partial charge in [-0.25, -0.2) is 4.98 Å². The van der Waals surface area contributed by atoms with Gasteiger partial charge in [0.25, 0.3) is 0 Å². The Morgan fingerprint density at radius 2 is 1.89 bits per heavy atom. The third-order valence-electron chi connectivity index (χ3n) is 2.78. The molecule has 4 nitrogen and oxygen atoms in total. The van der Waals surface area contributed by atoms with Gasteiger partial charge in [-0.05, 0) is 25.1 Å². The Bertz CT molecular complexity index is 706. The van der Waals surface area contributed by atoms with E-state index in [9.17, 15) is 0 Å². The monoisotopic (exact) mass is 270 g/mol. The zero-order valence-electron chi connectivity index (χ0n) is 10.8. The van der Waals surface area contributed by atoms with E-state index in [2.05, 4.69) is 33.6 Å². The van der Waals surface area contributed by atoms with Crippen LogP contribution in [0.15, 0.2) is 36.4 Å². The molecule has 0 spiro atoms. The molecule has 0 fully saturated rings. The summed E-state index contributed by atoms with van der Waals surface area (Å²) < 4.78 is 0. The average molecular weight is 270 g/mol. The lowest BCUT2D eigenvalue weighted by Gasteiger charge is -2.08. The SMILES string of the molecule is CNc1nc(Nc2ccccc2)c2cc(C)sc2n1. The van der Waals surface area contributed by atoms with Crippen LogP contribution in [-0.4, -0.2) is 17.0 Å². The van der Waals surface area contributed by atoms with Gasteiger partial charge in [0.2, 0.25) is 5.95 Å². The molecule has 0 saturated carbocycles. The van der Waals surface area contributed by atoms with E-state index in [4.69, 9.17) is 0 Å². The first-order chi connectivity index (χ1) is 9.26. The minimum Gasteiger partial charge on any atom is -0.357 e. The van der Waals surface area contributed by atoms with Crippen LogP contribution >= 0.6 is 11.3 Å². The van der Waals surface area contributed by atoms with Gasteiger partial charge in [0, 0.05) is 17.6 Å². The summed E-state index contributed by atoms with van der Waals surface area (Å²) in [5, 5.41) is 7.41. The fourth-order valence-corrected chi connectivity index (χ4v) is 2.79. The molecular formula is C14H14N4S. The second-order valence-electron chi connectivity index (χ2n) is 4.21. The number of aromatic nitrogens is 2. The fraction of sp³-hybridized carbons (Fsp3) is 0.143. The van der Waals surface area contributed by atoms with E-state index in [0.29, 0.717) is 5.95 Å². The van der Waals surface area contributed by atoms with Crippen LogP contribution in [0.3, 0.4) is 0 Å². The molecule has 2 aromatic heterocycles. The summed E-state index contributed by atoms with van der Waals surface area (Å²) >= 11 is 1.68. The molecule has 0 aliphatic carbocycles. The highest BCUT2D eigenvalue weighted by Gasteiger charge is 2.10. The number of nitrogens with zero attached hydrogens (tertiary/aromatic N) is 2. The Labute approximate surface area is 115 Å². The number of fused-ring (bicyclic) bond motifs is 1. The van der Waals surface area contributed by atoms with Crippen LogP contribution in [0.1, 0.15) is 4.88 Å². The minimum absolute atomic E-state index is 0.632. The molecule has 5 heteroatoms. The first-order valence-corrected chi connectivity index (χ1v) is 6.86. The predicted octanol–water partition coefficient (Wildman–Crippen LogP) is 3.79. The van der Waals surface area contributed by atoms with Crippen molar-refractivity contribution in [3.8, 4) is 0 Å². The topological polar surface area (TPSA) is 49.8 Å². The maximum atomic E-state index is 4.50. The van der Waals surface area contributed by atoms with Crippen LogP contribution in [0.2, 0.25) is 0 Å². The molecule has 0 amide bonds. The number of rotatable bonds is 3. The number of anilines is 3. The molecular weight excluding hydrogens is 256 g/mol. The molecule has 0 atom stereocenters. The van der Waals surface area contributed by atoms with Gasteiger partial charge in [0.05, 0.1) is 5.39 Å². The van der Waals surface area contributed by atoms with Crippen molar-refractivity contribution >= 4 is 39.0 Å². The van der Waals surface area contributed by atoms with Crippen LogP contribution in [0.25, 0.3) is 10.2 Å². The standard InChI is InChI=1S/C14H14N4S/c1-9-8-11-12(16-10-6-4-3-5-7-10)17-14(15-2)18-13(11)19-9/h3-8H,1-2H3,(H2,15,16,17,18). The molecule has 19 heavy (non-hydrogen) atoms. The third-order valence-corrected chi connectivity index (χ3v) is 3.72. The van der Waals surface area contributed by atoms with Crippen molar-refractivity contribution in [3.63, 3.8) is 0 Å². The largest absolute Gasteiger partial charge is 0.357 e. The second kappa shape index (κ2) is 4.85. The molecule has 0 unspecified atom stereocenters. The highest BCUT2D eigenvalue weighted by atomic mass is 32.1. The Kier molecular flexibility index (Phi) is 3.05. The van der Waals surface area contributed by atoms with E-state index in [-0.39, 0.29) is 0 Å². The first kappa shape index (κ1) is 11.9. The van der Waals surface area contributed by atoms with E-state index in [1.54, 1.807) is 11.3 Å². The fourth-order valence-electron chi connectivity index (χ4n) is 1.91. The Hall–Kier alpha value is -2.14. The molecule has 2 heterocycles. The Morgan fingerprint density at radius 3 is 2.63 bits per heavy atom. The van der Waals surface area contributed by atoms with Crippen LogP contribution < -0.4 is 10.6 Å². The first-order valence-electron chi connectivity index (χ1n) is 6.04. The summed E-state index contributed by atoms with van der Waals surface area (Å²) in [6.45, 7) is 2.08. The van der Waals surface area contributed by atoms with Gasteiger partial charge in [-0.15, -0.1) is 11.3 Å². The van der Waals surface area contributed by atoms with Gasteiger partial charge >= 0.3 is 0 Å². The molecule has 0 radical (unpaired) electrons. The van der Waals surface area contributed by atoms with Gasteiger partial charge in [-0.2, -0.15) is 4.98 Å². The smallest absolute Gasteiger partial charge is 0.225 e. The Morgan fingerprint density at radius 1 is 1.11 bits per heavy atom. The summed E-state index contributed by atoms with van der Waals surface area (Å²) in [7, 11) is 1.83. The normalized spacial score (nSPS) is 10.6.